The zero-order valence-corrected chi connectivity index (χ0v) is 18.2. The third kappa shape index (κ3) is 4.60. The Morgan fingerprint density at radius 2 is 2.00 bits per heavy atom. The zero-order valence-electron chi connectivity index (χ0n) is 18.2. The molecule has 0 spiro atoms. The van der Waals surface area contributed by atoms with Crippen molar-refractivity contribution in [3.63, 3.8) is 0 Å². The summed E-state index contributed by atoms with van der Waals surface area (Å²) in [5.41, 5.74) is 2.21. The molecular formula is C24H27N5O3. The van der Waals surface area contributed by atoms with Gasteiger partial charge in [0.1, 0.15) is 30.6 Å². The number of piperidine rings is 1. The average Bonchev–Trinajstić information content (AvgIpc) is 2.84. The van der Waals surface area contributed by atoms with Crippen molar-refractivity contribution in [1.82, 2.24) is 19.9 Å². The summed E-state index contributed by atoms with van der Waals surface area (Å²) in [6.45, 7) is 3.94. The van der Waals surface area contributed by atoms with E-state index in [2.05, 4.69) is 32.3 Å². The summed E-state index contributed by atoms with van der Waals surface area (Å²) in [5, 5.41) is 3.24. The molecule has 2 aromatic heterocycles. The van der Waals surface area contributed by atoms with Crippen LogP contribution in [0.25, 0.3) is 0 Å². The molecule has 0 unspecified atom stereocenters. The smallest absolute Gasteiger partial charge is 0.165 e. The molecule has 2 aliphatic heterocycles. The van der Waals surface area contributed by atoms with Gasteiger partial charge in [0.05, 0.1) is 13.3 Å². The van der Waals surface area contributed by atoms with E-state index in [1.165, 1.54) is 0 Å². The summed E-state index contributed by atoms with van der Waals surface area (Å²) in [6, 6.07) is 10.1. The topological polar surface area (TPSA) is 81.6 Å². The van der Waals surface area contributed by atoms with Crippen molar-refractivity contribution >= 4 is 11.6 Å². The number of hydrogen-bond acceptors (Lipinski definition) is 8. The van der Waals surface area contributed by atoms with Gasteiger partial charge in [0, 0.05) is 48.7 Å². The molecule has 5 rings (SSSR count). The number of methoxy groups -OCH3 is 1. The Hall–Kier alpha value is -3.39. The van der Waals surface area contributed by atoms with Crippen LogP contribution < -0.4 is 19.5 Å². The highest BCUT2D eigenvalue weighted by molar-refractivity contribution is 5.52. The summed E-state index contributed by atoms with van der Waals surface area (Å²) in [5.74, 6) is 4.23. The molecule has 1 atom stereocenters. The van der Waals surface area contributed by atoms with Gasteiger partial charge in [-0.25, -0.2) is 9.97 Å². The first-order valence-electron chi connectivity index (χ1n) is 11.0. The van der Waals surface area contributed by atoms with E-state index in [0.717, 1.165) is 66.8 Å². The van der Waals surface area contributed by atoms with E-state index in [0.29, 0.717) is 24.9 Å². The van der Waals surface area contributed by atoms with Crippen molar-refractivity contribution in [2.24, 2.45) is 0 Å². The number of likely N-dealkylation sites (tertiary alicyclic amines) is 1. The summed E-state index contributed by atoms with van der Waals surface area (Å²) in [4.78, 5) is 15.7. The number of benzene rings is 1. The number of hydrogen-bond donors (Lipinski definition) is 1. The van der Waals surface area contributed by atoms with Gasteiger partial charge >= 0.3 is 0 Å². The maximum absolute atomic E-state index is 5.78. The van der Waals surface area contributed by atoms with Gasteiger partial charge in [-0.3, -0.25) is 9.88 Å². The van der Waals surface area contributed by atoms with Crippen molar-refractivity contribution in [1.29, 1.82) is 0 Å². The van der Waals surface area contributed by atoms with Crippen LogP contribution in [-0.2, 0) is 6.54 Å². The van der Waals surface area contributed by atoms with Crippen LogP contribution in [0.15, 0.2) is 48.9 Å². The molecule has 4 heterocycles. The highest BCUT2D eigenvalue weighted by atomic mass is 16.6. The van der Waals surface area contributed by atoms with Gasteiger partial charge in [-0.1, -0.05) is 6.07 Å². The predicted octanol–water partition coefficient (Wildman–Crippen LogP) is 3.77. The fraction of sp³-hybridized carbons (Fsp3) is 0.375. The molecular weight excluding hydrogens is 406 g/mol. The van der Waals surface area contributed by atoms with Crippen LogP contribution in [0.2, 0.25) is 0 Å². The molecule has 0 saturated carbocycles. The lowest BCUT2D eigenvalue weighted by Gasteiger charge is -2.33. The average molecular weight is 434 g/mol. The summed E-state index contributed by atoms with van der Waals surface area (Å²) in [6.07, 6.45) is 7.26. The van der Waals surface area contributed by atoms with Crippen molar-refractivity contribution in [2.75, 3.05) is 38.7 Å². The van der Waals surface area contributed by atoms with E-state index in [4.69, 9.17) is 19.2 Å². The number of aromatic nitrogens is 3. The van der Waals surface area contributed by atoms with Gasteiger partial charge in [0.25, 0.3) is 0 Å². The fourth-order valence-corrected chi connectivity index (χ4v) is 4.35. The lowest BCUT2D eigenvalue weighted by atomic mass is 9.94. The van der Waals surface area contributed by atoms with Crippen molar-refractivity contribution in [3.05, 3.63) is 60.2 Å². The quantitative estimate of drug-likeness (QED) is 0.629. The van der Waals surface area contributed by atoms with E-state index < -0.39 is 0 Å². The van der Waals surface area contributed by atoms with Crippen LogP contribution in [0, 0.1) is 0 Å². The van der Waals surface area contributed by atoms with Gasteiger partial charge in [0.15, 0.2) is 11.5 Å². The molecule has 0 bridgehead atoms. The van der Waals surface area contributed by atoms with Gasteiger partial charge in [-0.05, 0) is 37.6 Å². The van der Waals surface area contributed by atoms with E-state index in [1.807, 2.05) is 18.2 Å². The maximum atomic E-state index is 5.78. The van der Waals surface area contributed by atoms with E-state index >= 15 is 0 Å². The van der Waals surface area contributed by atoms with Crippen LogP contribution in [0.5, 0.6) is 17.2 Å². The second kappa shape index (κ2) is 9.40. The first-order valence-corrected chi connectivity index (χ1v) is 11.0. The molecule has 0 radical (unpaired) electrons. The molecule has 2 aliphatic rings. The number of pyridine rings is 1. The molecule has 166 valence electrons. The Morgan fingerprint density at radius 1 is 1.12 bits per heavy atom. The fourth-order valence-electron chi connectivity index (χ4n) is 4.35. The number of rotatable bonds is 6. The first-order chi connectivity index (χ1) is 15.8. The van der Waals surface area contributed by atoms with Gasteiger partial charge in [-0.15, -0.1) is 0 Å². The van der Waals surface area contributed by atoms with Crippen molar-refractivity contribution in [3.8, 4) is 17.2 Å². The number of nitrogens with one attached hydrogen (secondary N) is 1. The molecule has 3 aromatic rings. The van der Waals surface area contributed by atoms with Crippen molar-refractivity contribution < 1.29 is 14.2 Å². The zero-order chi connectivity index (χ0) is 21.8. The summed E-state index contributed by atoms with van der Waals surface area (Å²) < 4.78 is 17.1. The molecule has 1 aromatic carbocycles. The minimum absolute atomic E-state index is 0.371. The number of fused-ring (bicyclic) bond motifs is 1. The van der Waals surface area contributed by atoms with Gasteiger partial charge in [-0.2, -0.15) is 0 Å². The lowest BCUT2D eigenvalue weighted by Crippen LogP contribution is -2.34. The lowest BCUT2D eigenvalue weighted by molar-refractivity contribution is 0.168. The number of ether oxygens (including phenoxy) is 3. The van der Waals surface area contributed by atoms with E-state index in [1.54, 1.807) is 25.7 Å². The van der Waals surface area contributed by atoms with E-state index in [9.17, 15) is 0 Å². The molecule has 0 aliphatic carbocycles. The van der Waals surface area contributed by atoms with Crippen molar-refractivity contribution in [2.45, 2.75) is 25.3 Å². The minimum Gasteiger partial charge on any atom is -0.496 e. The normalized spacial score (nSPS) is 18.2. The molecule has 1 fully saturated rings. The summed E-state index contributed by atoms with van der Waals surface area (Å²) >= 11 is 0. The molecule has 1 N–H and O–H groups in total. The minimum atomic E-state index is 0.371. The highest BCUT2D eigenvalue weighted by Gasteiger charge is 2.25. The SMILES string of the molecule is COc1cc2c(cc1CN1CCC[C@@H](c3cccc(Nc4cnccn4)n3)C1)OCCO2. The largest absolute Gasteiger partial charge is 0.496 e. The molecule has 1 saturated heterocycles. The molecule has 8 heteroatoms. The Balaban J connectivity index is 1.30. The van der Waals surface area contributed by atoms with Gasteiger partial charge in [0.2, 0.25) is 0 Å². The highest BCUT2D eigenvalue weighted by Crippen LogP contribution is 2.38. The van der Waals surface area contributed by atoms with Crippen LogP contribution in [0.4, 0.5) is 11.6 Å². The third-order valence-corrected chi connectivity index (χ3v) is 5.85. The standard InChI is InChI=1S/C24H27N5O3/c1-30-20-13-22-21(31-10-11-32-22)12-18(20)16-29-9-3-4-17(15-29)19-5-2-6-23(27-19)28-24-14-25-7-8-26-24/h2,5-8,12-14,17H,3-4,9-11,15-16H2,1H3,(H,26,27,28)/t17-/m1/s1. The molecule has 32 heavy (non-hydrogen) atoms. The summed E-state index contributed by atoms with van der Waals surface area (Å²) in [7, 11) is 1.70. The van der Waals surface area contributed by atoms with Gasteiger partial charge < -0.3 is 19.5 Å². The number of nitrogens with zero attached hydrogens (tertiary/aromatic N) is 4. The molecule has 0 amide bonds. The second-order valence-electron chi connectivity index (χ2n) is 8.05. The Morgan fingerprint density at radius 3 is 2.81 bits per heavy atom. The van der Waals surface area contributed by atoms with Crippen LogP contribution in [0.3, 0.4) is 0 Å². The monoisotopic (exact) mass is 433 g/mol. The number of anilines is 2. The van der Waals surface area contributed by atoms with Crippen LogP contribution in [-0.4, -0.2) is 53.3 Å². The third-order valence-electron chi connectivity index (χ3n) is 5.85. The van der Waals surface area contributed by atoms with E-state index in [-0.39, 0.29) is 0 Å². The molecule has 8 nitrogen and oxygen atoms in total. The Bertz CT molecular complexity index is 1060. The predicted molar refractivity (Wildman–Crippen MR) is 121 cm³/mol. The van der Waals surface area contributed by atoms with Crippen LogP contribution in [0.1, 0.15) is 30.0 Å². The Kier molecular flexibility index (Phi) is 6.02. The Labute approximate surface area is 187 Å². The second-order valence-corrected chi connectivity index (χ2v) is 8.05. The van der Waals surface area contributed by atoms with Crippen LogP contribution >= 0.6 is 0 Å². The maximum Gasteiger partial charge on any atom is 0.165 e. The first kappa shape index (κ1) is 20.5.